The predicted molar refractivity (Wildman–Crippen MR) is 91.8 cm³/mol. The van der Waals surface area contributed by atoms with Gasteiger partial charge in [0.25, 0.3) is 5.91 Å². The van der Waals surface area contributed by atoms with Crippen LogP contribution in [0.15, 0.2) is 55.9 Å². The maximum Gasteiger partial charge on any atom is 0.253 e. The number of benzene rings is 2. The van der Waals surface area contributed by atoms with Crippen molar-refractivity contribution in [3.8, 4) is 0 Å². The van der Waals surface area contributed by atoms with Crippen LogP contribution in [0.2, 0.25) is 0 Å². The van der Waals surface area contributed by atoms with Gasteiger partial charge in [-0.2, -0.15) is 0 Å². The second-order valence-electron chi connectivity index (χ2n) is 4.45. The standard InChI is InChI=1S/C15H12Br3NO/c1-19(9-10-3-2-4-12(16)5-10)15(20)11-6-13(17)8-14(18)7-11/h2-8H,9H2,1H3. The molecule has 1 amide bonds. The SMILES string of the molecule is CN(Cc1cccc(Br)c1)C(=O)c1cc(Br)cc(Br)c1. The second kappa shape index (κ2) is 6.87. The molecule has 2 aromatic rings. The van der Waals surface area contributed by atoms with Crippen molar-refractivity contribution in [2.75, 3.05) is 7.05 Å². The molecule has 0 aromatic heterocycles. The molecular weight excluding hydrogens is 450 g/mol. The van der Waals surface area contributed by atoms with Crippen LogP contribution in [-0.2, 0) is 6.54 Å². The van der Waals surface area contributed by atoms with Crippen LogP contribution in [0.3, 0.4) is 0 Å². The van der Waals surface area contributed by atoms with Gasteiger partial charge in [0.2, 0.25) is 0 Å². The van der Waals surface area contributed by atoms with Crippen molar-refractivity contribution in [1.82, 2.24) is 4.90 Å². The molecule has 0 saturated carbocycles. The minimum Gasteiger partial charge on any atom is -0.337 e. The van der Waals surface area contributed by atoms with Gasteiger partial charge in [0.05, 0.1) is 0 Å². The number of amides is 1. The molecule has 2 rings (SSSR count). The molecule has 0 bridgehead atoms. The van der Waals surface area contributed by atoms with E-state index in [4.69, 9.17) is 0 Å². The predicted octanol–water partition coefficient (Wildman–Crippen LogP) is 5.25. The smallest absolute Gasteiger partial charge is 0.253 e. The van der Waals surface area contributed by atoms with Crippen molar-refractivity contribution < 1.29 is 4.79 Å². The molecule has 0 heterocycles. The quantitative estimate of drug-likeness (QED) is 0.611. The van der Waals surface area contributed by atoms with Crippen LogP contribution in [0.5, 0.6) is 0 Å². The first kappa shape index (κ1) is 15.7. The van der Waals surface area contributed by atoms with Gasteiger partial charge in [-0.3, -0.25) is 4.79 Å². The van der Waals surface area contributed by atoms with Gasteiger partial charge < -0.3 is 4.90 Å². The molecule has 0 saturated heterocycles. The number of hydrogen-bond donors (Lipinski definition) is 0. The monoisotopic (exact) mass is 459 g/mol. The zero-order valence-electron chi connectivity index (χ0n) is 10.7. The Morgan fingerprint density at radius 3 is 2.25 bits per heavy atom. The average molecular weight is 462 g/mol. The average Bonchev–Trinajstić information content (AvgIpc) is 2.36. The number of carbonyl (C=O) groups is 1. The molecule has 0 unspecified atom stereocenters. The number of hydrogen-bond acceptors (Lipinski definition) is 1. The van der Waals surface area contributed by atoms with E-state index in [1.165, 1.54) is 0 Å². The zero-order chi connectivity index (χ0) is 14.7. The largest absolute Gasteiger partial charge is 0.337 e. The Labute approximate surface area is 143 Å². The summed E-state index contributed by atoms with van der Waals surface area (Å²) in [7, 11) is 1.80. The van der Waals surface area contributed by atoms with E-state index in [1.807, 2.05) is 42.5 Å². The van der Waals surface area contributed by atoms with Crippen molar-refractivity contribution in [2.45, 2.75) is 6.54 Å². The summed E-state index contributed by atoms with van der Waals surface area (Å²) in [4.78, 5) is 14.1. The highest BCUT2D eigenvalue weighted by molar-refractivity contribution is 9.11. The Kier molecular flexibility index (Phi) is 5.41. The van der Waals surface area contributed by atoms with Crippen LogP contribution < -0.4 is 0 Å². The van der Waals surface area contributed by atoms with E-state index in [9.17, 15) is 4.79 Å². The van der Waals surface area contributed by atoms with E-state index in [1.54, 1.807) is 11.9 Å². The molecule has 5 heteroatoms. The first-order valence-corrected chi connectivity index (χ1v) is 8.29. The fourth-order valence-electron chi connectivity index (χ4n) is 1.88. The summed E-state index contributed by atoms with van der Waals surface area (Å²) in [5.74, 6) is -0.00743. The summed E-state index contributed by atoms with van der Waals surface area (Å²) in [5.41, 5.74) is 1.74. The third-order valence-electron chi connectivity index (χ3n) is 2.76. The summed E-state index contributed by atoms with van der Waals surface area (Å²) in [5, 5.41) is 0. The van der Waals surface area contributed by atoms with Crippen molar-refractivity contribution in [3.05, 3.63) is 67.0 Å². The van der Waals surface area contributed by atoms with Crippen LogP contribution in [0.1, 0.15) is 15.9 Å². The van der Waals surface area contributed by atoms with Gasteiger partial charge in [-0.05, 0) is 35.9 Å². The summed E-state index contributed by atoms with van der Waals surface area (Å²) in [6.45, 7) is 0.572. The van der Waals surface area contributed by atoms with Crippen LogP contribution in [0, 0.1) is 0 Å². The highest BCUT2D eigenvalue weighted by atomic mass is 79.9. The molecule has 0 aliphatic rings. The Hall–Kier alpha value is -0.650. The molecule has 0 fully saturated rings. The first-order chi connectivity index (χ1) is 9.45. The van der Waals surface area contributed by atoms with Gasteiger partial charge >= 0.3 is 0 Å². The van der Waals surface area contributed by atoms with Gasteiger partial charge in [0.1, 0.15) is 0 Å². The summed E-state index contributed by atoms with van der Waals surface area (Å²) in [6, 6.07) is 13.5. The van der Waals surface area contributed by atoms with E-state index < -0.39 is 0 Å². The molecular formula is C15H12Br3NO. The number of nitrogens with zero attached hydrogens (tertiary/aromatic N) is 1. The number of rotatable bonds is 3. The number of carbonyl (C=O) groups excluding carboxylic acids is 1. The van der Waals surface area contributed by atoms with E-state index in [2.05, 4.69) is 47.8 Å². The van der Waals surface area contributed by atoms with Crippen molar-refractivity contribution >= 4 is 53.7 Å². The summed E-state index contributed by atoms with van der Waals surface area (Å²) < 4.78 is 2.78. The van der Waals surface area contributed by atoms with E-state index >= 15 is 0 Å². The third-order valence-corrected chi connectivity index (χ3v) is 4.17. The summed E-state index contributed by atoms with van der Waals surface area (Å²) in [6.07, 6.45) is 0. The lowest BCUT2D eigenvalue weighted by Crippen LogP contribution is -2.26. The molecule has 0 atom stereocenters. The maximum absolute atomic E-state index is 12.4. The fourth-order valence-corrected chi connectivity index (χ4v) is 3.62. The van der Waals surface area contributed by atoms with Crippen molar-refractivity contribution in [1.29, 1.82) is 0 Å². The minimum atomic E-state index is -0.00743. The Bertz CT molecular complexity index is 623. The molecule has 2 aromatic carbocycles. The Morgan fingerprint density at radius 1 is 1.00 bits per heavy atom. The van der Waals surface area contributed by atoms with Gasteiger partial charge in [-0.25, -0.2) is 0 Å². The topological polar surface area (TPSA) is 20.3 Å². The first-order valence-electron chi connectivity index (χ1n) is 5.92. The Balaban J connectivity index is 2.16. The van der Waals surface area contributed by atoms with Crippen LogP contribution in [0.25, 0.3) is 0 Å². The lowest BCUT2D eigenvalue weighted by Gasteiger charge is -2.18. The molecule has 104 valence electrons. The molecule has 20 heavy (non-hydrogen) atoms. The van der Waals surface area contributed by atoms with Gasteiger partial charge in [0.15, 0.2) is 0 Å². The normalized spacial score (nSPS) is 10.4. The molecule has 0 radical (unpaired) electrons. The van der Waals surface area contributed by atoms with Crippen molar-refractivity contribution in [2.24, 2.45) is 0 Å². The van der Waals surface area contributed by atoms with Crippen LogP contribution >= 0.6 is 47.8 Å². The van der Waals surface area contributed by atoms with E-state index in [0.29, 0.717) is 12.1 Å². The maximum atomic E-state index is 12.4. The minimum absolute atomic E-state index is 0.00743. The van der Waals surface area contributed by atoms with E-state index in [0.717, 1.165) is 19.0 Å². The lowest BCUT2D eigenvalue weighted by atomic mass is 10.1. The third kappa shape index (κ3) is 4.17. The fraction of sp³-hybridized carbons (Fsp3) is 0.133. The van der Waals surface area contributed by atoms with E-state index in [-0.39, 0.29) is 5.91 Å². The zero-order valence-corrected chi connectivity index (χ0v) is 15.5. The van der Waals surface area contributed by atoms with Crippen LogP contribution in [-0.4, -0.2) is 17.9 Å². The Morgan fingerprint density at radius 2 is 1.65 bits per heavy atom. The van der Waals surface area contributed by atoms with Crippen molar-refractivity contribution in [3.63, 3.8) is 0 Å². The molecule has 2 nitrogen and oxygen atoms in total. The molecule has 0 spiro atoms. The summed E-state index contributed by atoms with van der Waals surface area (Å²) >= 11 is 10.2. The molecule has 0 N–H and O–H groups in total. The van der Waals surface area contributed by atoms with Crippen LogP contribution in [0.4, 0.5) is 0 Å². The molecule has 0 aliphatic heterocycles. The van der Waals surface area contributed by atoms with Gasteiger partial charge in [-0.15, -0.1) is 0 Å². The highest BCUT2D eigenvalue weighted by Crippen LogP contribution is 2.21. The molecule has 0 aliphatic carbocycles. The number of halogens is 3. The van der Waals surface area contributed by atoms with Gasteiger partial charge in [-0.1, -0.05) is 59.9 Å². The highest BCUT2D eigenvalue weighted by Gasteiger charge is 2.13. The van der Waals surface area contributed by atoms with Gasteiger partial charge in [0, 0.05) is 32.6 Å². The second-order valence-corrected chi connectivity index (χ2v) is 7.20. The lowest BCUT2D eigenvalue weighted by molar-refractivity contribution is 0.0785.